The number of nitrogen functional groups attached to an aromatic ring is 1. The van der Waals surface area contributed by atoms with Crippen LogP contribution in [0.25, 0.3) is 0 Å². The minimum Gasteiger partial charge on any atom is -0.397 e. The van der Waals surface area contributed by atoms with Crippen molar-refractivity contribution in [3.8, 4) is 0 Å². The maximum Gasteiger partial charge on any atom is 0.0603 e. The minimum atomic E-state index is 0.886. The molecule has 3 heteroatoms. The molecule has 2 aromatic carbocycles. The molecule has 3 nitrogen and oxygen atoms in total. The standard InChI is InChI=1S/C18H23N3/c1-15-7-8-17(19)18(13-15)21-11-9-20(10-12-21)14-16-5-3-2-4-6-16/h2-8,13H,9-12,14,19H2,1H3. The lowest BCUT2D eigenvalue weighted by molar-refractivity contribution is 0.250. The zero-order chi connectivity index (χ0) is 14.7. The van der Waals surface area contributed by atoms with E-state index < -0.39 is 0 Å². The first-order chi connectivity index (χ1) is 10.2. The summed E-state index contributed by atoms with van der Waals surface area (Å²) < 4.78 is 0. The Hall–Kier alpha value is -2.00. The van der Waals surface area contributed by atoms with Crippen LogP contribution in [0, 0.1) is 6.92 Å². The molecule has 0 aromatic heterocycles. The third-order valence-electron chi connectivity index (χ3n) is 4.15. The number of benzene rings is 2. The lowest BCUT2D eigenvalue weighted by atomic mass is 10.1. The van der Waals surface area contributed by atoms with Gasteiger partial charge in [-0.3, -0.25) is 4.90 Å². The van der Waals surface area contributed by atoms with Crippen molar-refractivity contribution in [3.05, 3.63) is 59.7 Å². The zero-order valence-electron chi connectivity index (χ0n) is 12.6. The van der Waals surface area contributed by atoms with Crippen LogP contribution in [-0.4, -0.2) is 31.1 Å². The van der Waals surface area contributed by atoms with Crippen LogP contribution in [0.2, 0.25) is 0 Å². The molecule has 2 N–H and O–H groups in total. The van der Waals surface area contributed by atoms with Crippen molar-refractivity contribution in [2.24, 2.45) is 0 Å². The molecule has 0 amide bonds. The summed E-state index contributed by atoms with van der Waals surface area (Å²) in [6, 6.07) is 17.0. The molecular formula is C18H23N3. The van der Waals surface area contributed by atoms with Crippen LogP contribution in [0.5, 0.6) is 0 Å². The summed E-state index contributed by atoms with van der Waals surface area (Å²) in [5.41, 5.74) is 10.9. The van der Waals surface area contributed by atoms with Crippen molar-refractivity contribution in [2.75, 3.05) is 36.8 Å². The molecule has 0 atom stereocenters. The summed E-state index contributed by atoms with van der Waals surface area (Å²) in [6.07, 6.45) is 0. The highest BCUT2D eigenvalue weighted by Gasteiger charge is 2.18. The Bertz CT molecular complexity index is 587. The van der Waals surface area contributed by atoms with Gasteiger partial charge in [-0.25, -0.2) is 0 Å². The maximum atomic E-state index is 6.12. The smallest absolute Gasteiger partial charge is 0.0603 e. The summed E-state index contributed by atoms with van der Waals surface area (Å²) in [5, 5.41) is 0. The molecule has 0 aliphatic carbocycles. The number of hydrogen-bond acceptors (Lipinski definition) is 3. The van der Waals surface area contributed by atoms with E-state index in [0.29, 0.717) is 0 Å². The van der Waals surface area contributed by atoms with Gasteiger partial charge in [0.15, 0.2) is 0 Å². The number of piperazine rings is 1. The SMILES string of the molecule is Cc1ccc(N)c(N2CCN(Cc3ccccc3)CC2)c1. The fourth-order valence-corrected chi connectivity index (χ4v) is 2.92. The van der Waals surface area contributed by atoms with Crippen molar-refractivity contribution in [2.45, 2.75) is 13.5 Å². The highest BCUT2D eigenvalue weighted by molar-refractivity contribution is 5.68. The van der Waals surface area contributed by atoms with Gasteiger partial charge in [0, 0.05) is 32.7 Å². The van der Waals surface area contributed by atoms with Crippen molar-refractivity contribution in [1.82, 2.24) is 4.90 Å². The normalized spacial score (nSPS) is 16.1. The van der Waals surface area contributed by atoms with Crippen molar-refractivity contribution in [3.63, 3.8) is 0 Å². The fourth-order valence-electron chi connectivity index (χ4n) is 2.92. The molecule has 0 radical (unpaired) electrons. The first-order valence-electron chi connectivity index (χ1n) is 7.60. The van der Waals surface area contributed by atoms with Crippen LogP contribution >= 0.6 is 0 Å². The summed E-state index contributed by atoms with van der Waals surface area (Å²) >= 11 is 0. The second-order valence-electron chi connectivity index (χ2n) is 5.81. The van der Waals surface area contributed by atoms with Crippen LogP contribution in [0.15, 0.2) is 48.5 Å². The van der Waals surface area contributed by atoms with Gasteiger partial charge >= 0.3 is 0 Å². The van der Waals surface area contributed by atoms with Gasteiger partial charge in [0.2, 0.25) is 0 Å². The second-order valence-corrected chi connectivity index (χ2v) is 5.81. The van der Waals surface area contributed by atoms with E-state index in [1.807, 2.05) is 6.07 Å². The Morgan fingerprint density at radius 3 is 2.38 bits per heavy atom. The molecule has 21 heavy (non-hydrogen) atoms. The average Bonchev–Trinajstić information content (AvgIpc) is 2.52. The third-order valence-corrected chi connectivity index (χ3v) is 4.15. The van der Waals surface area contributed by atoms with Crippen molar-refractivity contribution < 1.29 is 0 Å². The van der Waals surface area contributed by atoms with E-state index in [0.717, 1.165) is 38.4 Å². The third kappa shape index (κ3) is 3.37. The minimum absolute atomic E-state index is 0.886. The summed E-state index contributed by atoms with van der Waals surface area (Å²) in [7, 11) is 0. The Morgan fingerprint density at radius 1 is 0.952 bits per heavy atom. The van der Waals surface area contributed by atoms with Crippen LogP contribution in [0.3, 0.4) is 0 Å². The van der Waals surface area contributed by atoms with Crippen LogP contribution in [0.4, 0.5) is 11.4 Å². The van der Waals surface area contributed by atoms with Crippen molar-refractivity contribution >= 4 is 11.4 Å². The summed E-state index contributed by atoms with van der Waals surface area (Å²) in [5.74, 6) is 0. The van der Waals surface area contributed by atoms with Crippen LogP contribution in [0.1, 0.15) is 11.1 Å². The van der Waals surface area contributed by atoms with Gasteiger partial charge in [-0.1, -0.05) is 36.4 Å². The predicted octanol–water partition coefficient (Wildman–Crippen LogP) is 2.90. The van der Waals surface area contributed by atoms with Crippen LogP contribution in [-0.2, 0) is 6.54 Å². The average molecular weight is 281 g/mol. The molecule has 0 spiro atoms. The number of nitrogens with two attached hydrogens (primary N) is 1. The summed E-state index contributed by atoms with van der Waals surface area (Å²) in [6.45, 7) is 7.41. The number of rotatable bonds is 3. The highest BCUT2D eigenvalue weighted by atomic mass is 15.3. The zero-order valence-corrected chi connectivity index (χ0v) is 12.6. The van der Waals surface area contributed by atoms with Gasteiger partial charge in [0.1, 0.15) is 0 Å². The highest BCUT2D eigenvalue weighted by Crippen LogP contribution is 2.25. The lowest BCUT2D eigenvalue weighted by Gasteiger charge is -2.36. The number of aryl methyl sites for hydroxylation is 1. The van der Waals surface area contributed by atoms with Gasteiger partial charge in [0.25, 0.3) is 0 Å². The van der Waals surface area contributed by atoms with Gasteiger partial charge in [0.05, 0.1) is 11.4 Å². The topological polar surface area (TPSA) is 32.5 Å². The molecule has 3 rings (SSSR count). The van der Waals surface area contributed by atoms with E-state index in [9.17, 15) is 0 Å². The van der Waals surface area contributed by atoms with E-state index in [-0.39, 0.29) is 0 Å². The van der Waals surface area contributed by atoms with E-state index in [4.69, 9.17) is 5.73 Å². The molecule has 1 fully saturated rings. The van der Waals surface area contributed by atoms with E-state index in [1.54, 1.807) is 0 Å². The predicted molar refractivity (Wildman–Crippen MR) is 89.5 cm³/mol. The fraction of sp³-hybridized carbons (Fsp3) is 0.333. The Balaban J connectivity index is 1.61. The molecule has 0 bridgehead atoms. The molecule has 2 aromatic rings. The van der Waals surface area contributed by atoms with Crippen molar-refractivity contribution in [1.29, 1.82) is 0 Å². The molecule has 110 valence electrons. The van der Waals surface area contributed by atoms with E-state index in [1.165, 1.54) is 16.8 Å². The first-order valence-corrected chi connectivity index (χ1v) is 7.60. The molecule has 0 saturated carbocycles. The van der Waals surface area contributed by atoms with Gasteiger partial charge in [-0.05, 0) is 30.2 Å². The number of anilines is 2. The molecule has 1 aliphatic heterocycles. The summed E-state index contributed by atoms with van der Waals surface area (Å²) in [4.78, 5) is 4.92. The number of nitrogens with zero attached hydrogens (tertiary/aromatic N) is 2. The van der Waals surface area contributed by atoms with Gasteiger partial charge < -0.3 is 10.6 Å². The molecule has 0 unspecified atom stereocenters. The lowest BCUT2D eigenvalue weighted by Crippen LogP contribution is -2.46. The number of hydrogen-bond donors (Lipinski definition) is 1. The Morgan fingerprint density at radius 2 is 1.67 bits per heavy atom. The van der Waals surface area contributed by atoms with Gasteiger partial charge in [-0.2, -0.15) is 0 Å². The monoisotopic (exact) mass is 281 g/mol. The first kappa shape index (κ1) is 14.0. The van der Waals surface area contributed by atoms with E-state index in [2.05, 4.69) is 59.2 Å². The maximum absolute atomic E-state index is 6.12. The second kappa shape index (κ2) is 6.19. The molecular weight excluding hydrogens is 258 g/mol. The molecule has 1 heterocycles. The van der Waals surface area contributed by atoms with Gasteiger partial charge in [-0.15, -0.1) is 0 Å². The Labute approximate surface area is 127 Å². The Kier molecular flexibility index (Phi) is 4.11. The van der Waals surface area contributed by atoms with Crippen LogP contribution < -0.4 is 10.6 Å². The quantitative estimate of drug-likeness (QED) is 0.878. The molecule has 1 aliphatic rings. The largest absolute Gasteiger partial charge is 0.397 e. The molecule has 1 saturated heterocycles. The van der Waals surface area contributed by atoms with E-state index >= 15 is 0 Å².